The number of aliphatic imine (C=N–C) groups is 3. The molecule has 33 nitrogen and oxygen atoms in total. The highest BCUT2D eigenvalue weighted by Crippen LogP contribution is 2.16. The van der Waals surface area contributed by atoms with E-state index in [1.807, 2.05) is 0 Å². The molecule has 2 aromatic rings. The fourth-order valence-electron chi connectivity index (χ4n) is 9.04. The number of carbonyl (C=O) groups excluding carboxylic acids is 11. The first-order valence-electron chi connectivity index (χ1n) is 30.2. The predicted molar refractivity (Wildman–Crippen MR) is 337 cm³/mol. The van der Waals surface area contributed by atoms with Crippen molar-refractivity contribution >= 4 is 83.0 Å². The molecule has 0 unspecified atom stereocenters. The molecule has 0 saturated heterocycles. The number of phenols is 2. The highest BCUT2D eigenvalue weighted by molar-refractivity contribution is 5.98. The number of urea groups is 1. The van der Waals surface area contributed by atoms with Crippen molar-refractivity contribution < 1.29 is 63.0 Å². The van der Waals surface area contributed by atoms with Crippen molar-refractivity contribution in [3.05, 3.63) is 59.7 Å². The molecule has 1 aliphatic heterocycles. The molecule has 0 spiro atoms. The van der Waals surface area contributed by atoms with Gasteiger partial charge in [0.25, 0.3) is 0 Å². The van der Waals surface area contributed by atoms with E-state index in [4.69, 9.17) is 34.4 Å². The fraction of sp³-hybridized carbons (Fsp3) is 0.552. The number of benzene rings is 2. The van der Waals surface area contributed by atoms with Gasteiger partial charge in [-0.25, -0.2) is 4.79 Å². The molecule has 0 radical (unpaired) electrons. The van der Waals surface area contributed by atoms with Crippen LogP contribution in [0.3, 0.4) is 0 Å². The van der Waals surface area contributed by atoms with Crippen molar-refractivity contribution in [3.8, 4) is 11.5 Å². The lowest BCUT2D eigenvalue weighted by atomic mass is 10.00. The first-order valence-corrected chi connectivity index (χ1v) is 30.2. The minimum absolute atomic E-state index is 0.00756. The Balaban J connectivity index is 2.10. The largest absolute Gasteiger partial charge is 0.508 e. The summed E-state index contributed by atoms with van der Waals surface area (Å²) in [5, 5.41) is 48.8. The number of hydrogen-bond donors (Lipinski definition) is 19. The lowest BCUT2D eigenvalue weighted by Crippen LogP contribution is -2.60. The smallest absolute Gasteiger partial charge is 0.321 e. The standard InChI is InChI=1S/C58H92N20O13/c1-4-45(81)65-25-10-14-46(82)72-44-32-47(83)71-38(11-7-26-67-55(60)61)50(86)77-43(31-35-17-21-37(80)22-18-35)54(90)74-40(13-9-28-69-57(64)78-58(91)70-24-6-5-23-66-49(44)85)52(88)76-42(29-33(2)3)53(89)73-39(12-8-27-68-56(62)63)51(87)75-41(48(59)84)30-34-15-19-36(79)20-16-34/h15-22,33,38-44,79-80H,4-14,23-32H2,1-3H3,(H2,59,84)(H,65,81)(H,66,85)(H,71,83)(H,72,82)(H,73,89)(H,74,90)(H,75,87)(H,76,88)(H,77,86)(H4,60,61,67)(H4,62,63,68)(H4,64,69,70,78,91)/t38-,39-,40-,41-,42-,43-,44+/m0/s1. The molecule has 0 aliphatic carbocycles. The Labute approximate surface area is 527 Å². The quantitative estimate of drug-likeness (QED) is 0.0230. The molecule has 502 valence electrons. The number of rotatable bonds is 27. The highest BCUT2D eigenvalue weighted by atomic mass is 16.3. The second kappa shape index (κ2) is 40.5. The van der Waals surface area contributed by atoms with Crippen LogP contribution in [0.15, 0.2) is 63.5 Å². The van der Waals surface area contributed by atoms with Crippen LogP contribution in [-0.4, -0.2) is 175 Å². The second-order valence-corrected chi connectivity index (χ2v) is 22.0. The molecule has 1 aliphatic rings. The third kappa shape index (κ3) is 31.2. The zero-order valence-electron chi connectivity index (χ0n) is 51.8. The average Bonchev–Trinajstić information content (AvgIpc) is 2.14. The summed E-state index contributed by atoms with van der Waals surface area (Å²) in [7, 11) is 0. The van der Waals surface area contributed by atoms with Crippen molar-refractivity contribution in [1.29, 1.82) is 0 Å². The summed E-state index contributed by atoms with van der Waals surface area (Å²) in [4.78, 5) is 163. The van der Waals surface area contributed by atoms with Crippen LogP contribution < -0.4 is 92.9 Å². The van der Waals surface area contributed by atoms with Gasteiger partial charge in [0.2, 0.25) is 59.1 Å². The van der Waals surface area contributed by atoms with Gasteiger partial charge in [0.05, 0.1) is 6.42 Å². The van der Waals surface area contributed by atoms with E-state index in [0.29, 0.717) is 24.0 Å². The Bertz CT molecular complexity index is 2850. The molecule has 0 bridgehead atoms. The molecular weight excluding hydrogens is 1180 g/mol. The van der Waals surface area contributed by atoms with Crippen LogP contribution in [0, 0.1) is 5.92 Å². The van der Waals surface area contributed by atoms with Crippen LogP contribution in [-0.2, 0) is 60.8 Å². The Kier molecular flexibility index (Phi) is 33.5. The minimum Gasteiger partial charge on any atom is -0.508 e. The van der Waals surface area contributed by atoms with Gasteiger partial charge < -0.3 is 97.8 Å². The van der Waals surface area contributed by atoms with Gasteiger partial charge in [0.15, 0.2) is 17.9 Å². The van der Waals surface area contributed by atoms with Crippen molar-refractivity contribution in [2.75, 3.05) is 39.3 Å². The number of guanidine groups is 3. The van der Waals surface area contributed by atoms with E-state index in [1.165, 1.54) is 48.5 Å². The number of aromatic hydroxyl groups is 2. The number of nitrogens with one attached hydrogen (secondary N) is 11. The van der Waals surface area contributed by atoms with Crippen molar-refractivity contribution in [2.24, 2.45) is 55.3 Å². The summed E-state index contributed by atoms with van der Waals surface area (Å²) < 4.78 is 0. The number of carbonyl (C=O) groups is 11. The van der Waals surface area contributed by atoms with E-state index < -0.39 is 108 Å². The molecule has 0 fully saturated rings. The van der Waals surface area contributed by atoms with E-state index in [-0.39, 0.29) is 158 Å². The number of phenolic OH excluding ortho intramolecular Hbond substituents is 2. The lowest BCUT2D eigenvalue weighted by molar-refractivity contribution is -0.136. The van der Waals surface area contributed by atoms with Crippen LogP contribution in [0.1, 0.15) is 115 Å². The van der Waals surface area contributed by atoms with E-state index in [9.17, 15) is 63.0 Å². The number of nitrogens with two attached hydrogens (primary N) is 6. The van der Waals surface area contributed by atoms with E-state index in [2.05, 4.69) is 73.5 Å². The topological polar surface area (TPSA) is 554 Å². The first-order chi connectivity index (χ1) is 43.2. The summed E-state index contributed by atoms with van der Waals surface area (Å²) in [5.74, 6) is -9.07. The molecule has 91 heavy (non-hydrogen) atoms. The van der Waals surface area contributed by atoms with Gasteiger partial charge in [-0.3, -0.25) is 68.2 Å². The maximum Gasteiger partial charge on any atom is 0.321 e. The number of hydrogen-bond acceptors (Lipinski definition) is 17. The molecule has 0 saturated carbocycles. The summed E-state index contributed by atoms with van der Waals surface area (Å²) in [6.45, 7) is 5.44. The molecule has 3 rings (SSSR count). The van der Waals surface area contributed by atoms with Gasteiger partial charge >= 0.3 is 6.03 Å². The Morgan fingerprint density at radius 1 is 0.681 bits per heavy atom. The summed E-state index contributed by atoms with van der Waals surface area (Å²) in [5.41, 5.74) is 34.9. The zero-order chi connectivity index (χ0) is 67.4. The van der Waals surface area contributed by atoms with Crippen LogP contribution in [0.5, 0.6) is 11.5 Å². The monoisotopic (exact) mass is 1280 g/mol. The van der Waals surface area contributed by atoms with Gasteiger partial charge in [-0.15, -0.1) is 0 Å². The molecule has 33 heteroatoms. The van der Waals surface area contributed by atoms with E-state index in [1.54, 1.807) is 20.8 Å². The van der Waals surface area contributed by atoms with Crippen LogP contribution in [0.2, 0.25) is 0 Å². The van der Waals surface area contributed by atoms with Gasteiger partial charge in [-0.1, -0.05) is 45.0 Å². The predicted octanol–water partition coefficient (Wildman–Crippen LogP) is -4.08. The second-order valence-electron chi connectivity index (χ2n) is 22.0. The van der Waals surface area contributed by atoms with Crippen LogP contribution in [0.4, 0.5) is 4.79 Å². The molecule has 25 N–H and O–H groups in total. The molecule has 12 amide bonds. The molecule has 2 aromatic carbocycles. The lowest BCUT2D eigenvalue weighted by Gasteiger charge is -2.28. The number of amides is 12. The number of primary amides is 1. The zero-order valence-corrected chi connectivity index (χ0v) is 51.8. The summed E-state index contributed by atoms with van der Waals surface area (Å²) in [6, 6.07) is 0.738. The third-order valence-electron chi connectivity index (χ3n) is 13.8. The Hall–Kier alpha value is -9.98. The van der Waals surface area contributed by atoms with E-state index >= 15 is 0 Å². The van der Waals surface area contributed by atoms with Crippen molar-refractivity contribution in [3.63, 3.8) is 0 Å². The normalized spacial score (nSPS) is 18.5. The summed E-state index contributed by atoms with van der Waals surface area (Å²) >= 11 is 0. The molecule has 0 aromatic heterocycles. The van der Waals surface area contributed by atoms with Gasteiger partial charge in [0, 0.05) is 65.0 Å². The average molecular weight is 1280 g/mol. The Morgan fingerprint density at radius 3 is 1.89 bits per heavy atom. The maximum absolute atomic E-state index is 14.9. The molecule has 1 heterocycles. The molecule has 7 atom stereocenters. The fourth-order valence-corrected chi connectivity index (χ4v) is 9.04. The third-order valence-corrected chi connectivity index (χ3v) is 13.8. The van der Waals surface area contributed by atoms with Gasteiger partial charge in [-0.05, 0) is 106 Å². The van der Waals surface area contributed by atoms with E-state index in [0.717, 1.165) is 0 Å². The number of nitrogens with zero attached hydrogens (tertiary/aromatic N) is 3. The highest BCUT2D eigenvalue weighted by Gasteiger charge is 2.35. The van der Waals surface area contributed by atoms with Gasteiger partial charge in [-0.2, -0.15) is 0 Å². The first kappa shape index (κ1) is 75.3. The Morgan fingerprint density at radius 2 is 1.27 bits per heavy atom. The van der Waals surface area contributed by atoms with Crippen molar-refractivity contribution in [1.82, 2.24) is 58.5 Å². The summed E-state index contributed by atoms with van der Waals surface area (Å²) in [6.07, 6.45) is -0.247. The van der Waals surface area contributed by atoms with Crippen molar-refractivity contribution in [2.45, 2.75) is 159 Å². The minimum atomic E-state index is -1.55. The molecular formula is C58H92N20O13. The maximum atomic E-state index is 14.9. The SMILES string of the molecule is CCC(=O)NCCCC(=O)N[C@@H]1CC(=O)N[C@@H](CCCN=C(N)N)C(=O)N[C@@H](Cc2ccc(O)cc2)C(=O)N[C@H](C(=O)N[C@@H](CC(C)C)C(=O)N[C@@H](CCCN=C(N)N)C(=O)N[C@@H](Cc2ccc(O)cc2)C(N)=O)CCCN=C(N)NC(=O)NCCCCNC1=O. The van der Waals surface area contributed by atoms with Crippen LogP contribution >= 0.6 is 0 Å². The van der Waals surface area contributed by atoms with Gasteiger partial charge in [0.1, 0.15) is 53.8 Å². The van der Waals surface area contributed by atoms with Crippen LogP contribution in [0.25, 0.3) is 0 Å².